The van der Waals surface area contributed by atoms with Crippen LogP contribution in [-0.2, 0) is 6.54 Å². The van der Waals surface area contributed by atoms with E-state index in [1.807, 2.05) is 18.7 Å². The van der Waals surface area contributed by atoms with E-state index in [0.29, 0.717) is 10.8 Å². The number of aromatic nitrogens is 2. The molecule has 1 N–H and O–H groups in total. The van der Waals surface area contributed by atoms with E-state index in [4.69, 9.17) is 12.2 Å². The highest BCUT2D eigenvalue weighted by molar-refractivity contribution is 7.71. The Balaban J connectivity index is 2.49. The lowest BCUT2D eigenvalue weighted by atomic mass is 10.2. The lowest BCUT2D eigenvalue weighted by Gasteiger charge is -2.20. The summed E-state index contributed by atoms with van der Waals surface area (Å²) in [4.78, 5) is 5.20. The Labute approximate surface area is 105 Å². The van der Waals surface area contributed by atoms with Gasteiger partial charge in [-0.3, -0.25) is 0 Å². The molecule has 1 atom stereocenters. The topological polar surface area (TPSA) is 24.0 Å². The predicted molar refractivity (Wildman–Crippen MR) is 70.2 cm³/mol. The van der Waals surface area contributed by atoms with Gasteiger partial charge in [0.05, 0.1) is 11.0 Å². The van der Waals surface area contributed by atoms with Crippen molar-refractivity contribution in [2.45, 2.75) is 19.5 Å². The van der Waals surface area contributed by atoms with Crippen molar-refractivity contribution >= 4 is 23.3 Å². The van der Waals surface area contributed by atoms with E-state index in [-0.39, 0.29) is 5.82 Å². The second-order valence-electron chi connectivity index (χ2n) is 4.51. The number of H-pyrrole nitrogens is 1. The van der Waals surface area contributed by atoms with Gasteiger partial charge in [-0.05, 0) is 51.4 Å². The van der Waals surface area contributed by atoms with Crippen molar-refractivity contribution < 1.29 is 4.39 Å². The van der Waals surface area contributed by atoms with Gasteiger partial charge in [0.15, 0.2) is 4.77 Å². The second-order valence-corrected chi connectivity index (χ2v) is 4.90. The van der Waals surface area contributed by atoms with Crippen LogP contribution >= 0.6 is 12.2 Å². The van der Waals surface area contributed by atoms with Crippen molar-refractivity contribution in [1.29, 1.82) is 0 Å². The van der Waals surface area contributed by atoms with E-state index in [0.717, 1.165) is 17.6 Å². The highest BCUT2D eigenvalue weighted by Crippen LogP contribution is 2.16. The summed E-state index contributed by atoms with van der Waals surface area (Å²) in [6, 6.07) is 5.01. The van der Waals surface area contributed by atoms with Gasteiger partial charge in [-0.1, -0.05) is 0 Å². The molecule has 0 radical (unpaired) electrons. The van der Waals surface area contributed by atoms with Gasteiger partial charge in [-0.15, -0.1) is 0 Å². The van der Waals surface area contributed by atoms with E-state index in [9.17, 15) is 4.39 Å². The summed E-state index contributed by atoms with van der Waals surface area (Å²) in [5.41, 5.74) is 1.70. The van der Waals surface area contributed by atoms with Gasteiger partial charge in [0.2, 0.25) is 0 Å². The third-order valence-electron chi connectivity index (χ3n) is 3.07. The Morgan fingerprint density at radius 3 is 2.82 bits per heavy atom. The van der Waals surface area contributed by atoms with Crippen molar-refractivity contribution in [3.8, 4) is 0 Å². The number of likely N-dealkylation sites (N-methyl/N-ethyl adjacent to an activating group) is 1. The molecule has 0 fully saturated rings. The Hall–Kier alpha value is -1.20. The number of aromatic amines is 1. The Kier molecular flexibility index (Phi) is 3.31. The number of halogens is 1. The van der Waals surface area contributed by atoms with Crippen LogP contribution in [0.2, 0.25) is 0 Å². The lowest BCUT2D eigenvalue weighted by Crippen LogP contribution is -2.29. The minimum absolute atomic E-state index is 0.238. The third kappa shape index (κ3) is 2.40. The van der Waals surface area contributed by atoms with Gasteiger partial charge in [0.1, 0.15) is 5.82 Å². The summed E-state index contributed by atoms with van der Waals surface area (Å²) < 4.78 is 15.8. The molecule has 92 valence electrons. The van der Waals surface area contributed by atoms with Crippen LogP contribution in [0.3, 0.4) is 0 Å². The van der Waals surface area contributed by atoms with Gasteiger partial charge < -0.3 is 14.5 Å². The van der Waals surface area contributed by atoms with Gasteiger partial charge in [-0.25, -0.2) is 4.39 Å². The summed E-state index contributed by atoms with van der Waals surface area (Å²) in [5, 5.41) is 0. The average Bonchev–Trinajstić information content (AvgIpc) is 2.55. The first-order chi connectivity index (χ1) is 7.99. The summed E-state index contributed by atoms with van der Waals surface area (Å²) in [5.74, 6) is -0.238. The fourth-order valence-corrected chi connectivity index (χ4v) is 2.02. The first-order valence-corrected chi connectivity index (χ1v) is 5.94. The van der Waals surface area contributed by atoms with Crippen LogP contribution in [0.4, 0.5) is 4.39 Å². The van der Waals surface area contributed by atoms with Crippen molar-refractivity contribution in [3.63, 3.8) is 0 Å². The zero-order valence-corrected chi connectivity index (χ0v) is 11.0. The number of nitrogens with zero attached hydrogens (tertiary/aromatic N) is 2. The zero-order chi connectivity index (χ0) is 12.6. The minimum Gasteiger partial charge on any atom is -0.331 e. The normalized spacial score (nSPS) is 13.5. The summed E-state index contributed by atoms with van der Waals surface area (Å²) >= 11 is 5.27. The number of hydrogen-bond acceptors (Lipinski definition) is 2. The lowest BCUT2D eigenvalue weighted by molar-refractivity contribution is 0.285. The quantitative estimate of drug-likeness (QED) is 0.850. The van der Waals surface area contributed by atoms with Gasteiger partial charge in [0, 0.05) is 12.6 Å². The molecule has 0 aliphatic heterocycles. The molecule has 1 heterocycles. The van der Waals surface area contributed by atoms with Crippen LogP contribution in [0.5, 0.6) is 0 Å². The predicted octanol–water partition coefficient (Wildman–Crippen LogP) is 2.79. The molecular weight excluding hydrogens is 237 g/mol. The Bertz CT molecular complexity index is 585. The van der Waals surface area contributed by atoms with Crippen LogP contribution in [0, 0.1) is 10.6 Å². The monoisotopic (exact) mass is 253 g/mol. The molecule has 3 nitrogen and oxygen atoms in total. The molecular formula is C12H16FN3S. The summed E-state index contributed by atoms with van der Waals surface area (Å²) in [6.45, 7) is 2.86. The van der Waals surface area contributed by atoms with Crippen molar-refractivity contribution in [2.24, 2.45) is 0 Å². The largest absolute Gasteiger partial charge is 0.331 e. The maximum Gasteiger partial charge on any atom is 0.178 e. The molecule has 1 aromatic heterocycles. The highest BCUT2D eigenvalue weighted by Gasteiger charge is 2.10. The van der Waals surface area contributed by atoms with Gasteiger partial charge >= 0.3 is 0 Å². The maximum atomic E-state index is 13.3. The molecule has 1 unspecified atom stereocenters. The molecule has 0 bridgehead atoms. The smallest absolute Gasteiger partial charge is 0.178 e. The highest BCUT2D eigenvalue weighted by atomic mass is 32.1. The molecule has 1 aromatic carbocycles. The molecule has 2 rings (SSSR count). The van der Waals surface area contributed by atoms with E-state index in [1.165, 1.54) is 12.1 Å². The molecule has 0 saturated carbocycles. The van der Waals surface area contributed by atoms with Crippen LogP contribution in [0.25, 0.3) is 11.0 Å². The number of hydrogen-bond donors (Lipinski definition) is 1. The second kappa shape index (κ2) is 4.58. The fourth-order valence-electron chi connectivity index (χ4n) is 1.73. The molecule has 0 amide bonds. The van der Waals surface area contributed by atoms with E-state index >= 15 is 0 Å². The molecule has 0 spiro atoms. The summed E-state index contributed by atoms with van der Waals surface area (Å²) in [6.07, 6.45) is 0. The van der Waals surface area contributed by atoms with Crippen LogP contribution in [0.1, 0.15) is 6.92 Å². The molecule has 17 heavy (non-hydrogen) atoms. The standard InChI is InChI=1S/C12H16FN3S/c1-8(15(2)3)7-16-11-6-9(13)4-5-10(11)14-12(16)17/h4-6,8H,7H2,1-3H3,(H,14,17). The Morgan fingerprint density at radius 2 is 2.18 bits per heavy atom. The van der Waals surface area contributed by atoms with Crippen molar-refractivity contribution in [2.75, 3.05) is 14.1 Å². The van der Waals surface area contributed by atoms with Gasteiger partial charge in [0.25, 0.3) is 0 Å². The van der Waals surface area contributed by atoms with Crippen molar-refractivity contribution in [3.05, 3.63) is 28.8 Å². The third-order valence-corrected chi connectivity index (χ3v) is 3.39. The van der Waals surface area contributed by atoms with Gasteiger partial charge in [-0.2, -0.15) is 0 Å². The van der Waals surface area contributed by atoms with Crippen LogP contribution < -0.4 is 0 Å². The van der Waals surface area contributed by atoms with Crippen LogP contribution in [0.15, 0.2) is 18.2 Å². The SMILES string of the molecule is CC(Cn1c(=S)[nH]c2ccc(F)cc21)N(C)C. The molecule has 0 aliphatic rings. The zero-order valence-electron chi connectivity index (χ0n) is 10.2. The minimum atomic E-state index is -0.238. The number of benzene rings is 1. The van der Waals surface area contributed by atoms with Crippen LogP contribution in [-0.4, -0.2) is 34.6 Å². The fraction of sp³-hybridized carbons (Fsp3) is 0.417. The van der Waals surface area contributed by atoms with E-state index in [1.54, 1.807) is 6.07 Å². The average molecular weight is 253 g/mol. The number of nitrogens with one attached hydrogen (secondary N) is 1. The molecule has 0 saturated heterocycles. The molecule has 0 aliphatic carbocycles. The molecule has 5 heteroatoms. The number of fused-ring (bicyclic) bond motifs is 1. The first-order valence-electron chi connectivity index (χ1n) is 5.53. The van der Waals surface area contributed by atoms with E-state index < -0.39 is 0 Å². The van der Waals surface area contributed by atoms with E-state index in [2.05, 4.69) is 16.8 Å². The Morgan fingerprint density at radius 1 is 1.47 bits per heavy atom. The number of imidazole rings is 1. The first kappa shape index (κ1) is 12.3. The van der Waals surface area contributed by atoms with Crippen molar-refractivity contribution in [1.82, 2.24) is 14.5 Å². The number of rotatable bonds is 3. The summed E-state index contributed by atoms with van der Waals surface area (Å²) in [7, 11) is 4.04. The maximum absolute atomic E-state index is 13.3. The molecule has 2 aromatic rings.